The standard InChI is InChI=1S/C11H20O2/c1-10(2)6-11(13,7-12)9-4-3-8(10)5-9/h8-9,12-13H,3-7H2,1-2H3. The summed E-state index contributed by atoms with van der Waals surface area (Å²) in [5, 5.41) is 19.5. The van der Waals surface area contributed by atoms with Gasteiger partial charge in [-0.05, 0) is 42.9 Å². The number of aliphatic hydroxyl groups excluding tert-OH is 1. The molecule has 3 unspecified atom stereocenters. The Morgan fingerprint density at radius 3 is 2.46 bits per heavy atom. The van der Waals surface area contributed by atoms with E-state index in [-0.39, 0.29) is 12.0 Å². The van der Waals surface area contributed by atoms with Gasteiger partial charge in [0.1, 0.15) is 0 Å². The third kappa shape index (κ3) is 1.31. The Morgan fingerprint density at radius 2 is 1.85 bits per heavy atom. The van der Waals surface area contributed by atoms with Crippen LogP contribution < -0.4 is 0 Å². The first-order valence-electron chi connectivity index (χ1n) is 5.31. The van der Waals surface area contributed by atoms with Gasteiger partial charge in [0.2, 0.25) is 0 Å². The molecule has 2 aliphatic carbocycles. The van der Waals surface area contributed by atoms with Crippen LogP contribution in [0.1, 0.15) is 39.5 Å². The van der Waals surface area contributed by atoms with E-state index in [0.29, 0.717) is 5.92 Å². The topological polar surface area (TPSA) is 40.5 Å². The molecule has 0 heterocycles. The number of rotatable bonds is 1. The first-order chi connectivity index (χ1) is 5.98. The molecule has 0 aromatic rings. The maximum atomic E-state index is 10.3. The molecule has 0 aliphatic heterocycles. The zero-order valence-corrected chi connectivity index (χ0v) is 8.58. The van der Waals surface area contributed by atoms with Crippen LogP contribution in [0.25, 0.3) is 0 Å². The minimum absolute atomic E-state index is 0.0617. The molecule has 2 N–H and O–H groups in total. The highest BCUT2D eigenvalue weighted by Crippen LogP contribution is 2.55. The van der Waals surface area contributed by atoms with Gasteiger partial charge in [-0.25, -0.2) is 0 Å². The van der Waals surface area contributed by atoms with Crippen LogP contribution in [0.3, 0.4) is 0 Å². The van der Waals surface area contributed by atoms with Crippen LogP contribution in [0.15, 0.2) is 0 Å². The molecule has 0 radical (unpaired) electrons. The van der Waals surface area contributed by atoms with E-state index in [1.54, 1.807) is 0 Å². The second-order valence-electron chi connectivity index (χ2n) is 5.63. The molecule has 0 saturated heterocycles. The van der Waals surface area contributed by atoms with Gasteiger partial charge in [-0.3, -0.25) is 0 Å². The summed E-state index contributed by atoms with van der Waals surface area (Å²) in [6.07, 6.45) is 4.22. The summed E-state index contributed by atoms with van der Waals surface area (Å²) in [7, 11) is 0. The summed E-state index contributed by atoms with van der Waals surface area (Å²) in [6.45, 7) is 4.38. The van der Waals surface area contributed by atoms with E-state index in [1.165, 1.54) is 6.42 Å². The lowest BCUT2D eigenvalue weighted by atomic mass is 9.63. The van der Waals surface area contributed by atoms with Crippen molar-refractivity contribution in [2.45, 2.75) is 45.1 Å². The summed E-state index contributed by atoms with van der Waals surface area (Å²) < 4.78 is 0. The van der Waals surface area contributed by atoms with Crippen molar-refractivity contribution in [3.05, 3.63) is 0 Å². The Balaban J connectivity index is 2.25. The lowest BCUT2D eigenvalue weighted by Crippen LogP contribution is -2.48. The normalized spacial score (nSPS) is 48.0. The molecule has 0 aromatic heterocycles. The van der Waals surface area contributed by atoms with Crippen molar-refractivity contribution >= 4 is 0 Å². The summed E-state index contributed by atoms with van der Waals surface area (Å²) >= 11 is 0. The van der Waals surface area contributed by atoms with Gasteiger partial charge in [0.25, 0.3) is 0 Å². The van der Waals surface area contributed by atoms with Crippen molar-refractivity contribution < 1.29 is 10.2 Å². The first kappa shape index (κ1) is 9.47. The third-order valence-corrected chi connectivity index (χ3v) is 4.33. The van der Waals surface area contributed by atoms with E-state index < -0.39 is 5.60 Å². The molecular weight excluding hydrogens is 164 g/mol. The molecule has 2 nitrogen and oxygen atoms in total. The van der Waals surface area contributed by atoms with Gasteiger partial charge in [-0.2, -0.15) is 0 Å². The Labute approximate surface area is 80.0 Å². The number of hydrogen-bond acceptors (Lipinski definition) is 2. The predicted molar refractivity (Wildman–Crippen MR) is 51.3 cm³/mol. The summed E-state index contributed by atoms with van der Waals surface area (Å²) in [6, 6.07) is 0. The molecule has 0 spiro atoms. The van der Waals surface area contributed by atoms with Crippen molar-refractivity contribution in [3.63, 3.8) is 0 Å². The minimum Gasteiger partial charge on any atom is -0.393 e. The molecule has 3 atom stereocenters. The highest BCUT2D eigenvalue weighted by atomic mass is 16.3. The molecule has 2 rings (SSSR count). The van der Waals surface area contributed by atoms with Crippen molar-refractivity contribution in [1.82, 2.24) is 0 Å². The fourth-order valence-electron chi connectivity index (χ4n) is 3.44. The van der Waals surface area contributed by atoms with Crippen LogP contribution in [0, 0.1) is 17.3 Å². The fourth-order valence-corrected chi connectivity index (χ4v) is 3.44. The van der Waals surface area contributed by atoms with Gasteiger partial charge in [-0.1, -0.05) is 13.8 Å². The summed E-state index contributed by atoms with van der Waals surface area (Å²) in [4.78, 5) is 0. The highest BCUT2D eigenvalue weighted by molar-refractivity contribution is 5.03. The zero-order chi connectivity index (χ0) is 9.69. The molecular formula is C11H20O2. The van der Waals surface area contributed by atoms with E-state index >= 15 is 0 Å². The van der Waals surface area contributed by atoms with Gasteiger partial charge in [0, 0.05) is 0 Å². The Bertz CT molecular complexity index is 212. The number of hydrogen-bond donors (Lipinski definition) is 2. The second-order valence-corrected chi connectivity index (χ2v) is 5.63. The van der Waals surface area contributed by atoms with Gasteiger partial charge < -0.3 is 10.2 Å². The van der Waals surface area contributed by atoms with Crippen molar-refractivity contribution in [2.75, 3.05) is 6.61 Å². The highest BCUT2D eigenvalue weighted by Gasteiger charge is 2.52. The SMILES string of the molecule is CC1(C)CC(O)(CO)C2CCC1C2. The monoisotopic (exact) mass is 184 g/mol. The van der Waals surface area contributed by atoms with E-state index in [1.807, 2.05) is 0 Å². The molecule has 2 heteroatoms. The van der Waals surface area contributed by atoms with Crippen molar-refractivity contribution in [3.8, 4) is 0 Å². The Hall–Kier alpha value is -0.0800. The lowest BCUT2D eigenvalue weighted by Gasteiger charge is -2.45. The largest absolute Gasteiger partial charge is 0.393 e. The Kier molecular flexibility index (Phi) is 1.97. The predicted octanol–water partition coefficient (Wildman–Crippen LogP) is 1.56. The molecule has 0 amide bonds. The maximum absolute atomic E-state index is 10.3. The zero-order valence-electron chi connectivity index (χ0n) is 8.58. The molecule has 2 saturated carbocycles. The van der Waals surface area contributed by atoms with Crippen molar-refractivity contribution in [1.29, 1.82) is 0 Å². The average molecular weight is 184 g/mol. The van der Waals surface area contributed by atoms with Gasteiger partial charge in [0.05, 0.1) is 12.2 Å². The third-order valence-electron chi connectivity index (χ3n) is 4.33. The molecule has 2 fully saturated rings. The molecule has 2 bridgehead atoms. The van der Waals surface area contributed by atoms with E-state index in [0.717, 1.165) is 25.2 Å². The van der Waals surface area contributed by atoms with Crippen LogP contribution in [-0.2, 0) is 0 Å². The second kappa shape index (κ2) is 2.71. The van der Waals surface area contributed by atoms with Gasteiger partial charge >= 0.3 is 0 Å². The van der Waals surface area contributed by atoms with E-state index in [9.17, 15) is 10.2 Å². The van der Waals surface area contributed by atoms with Crippen molar-refractivity contribution in [2.24, 2.45) is 17.3 Å². The van der Waals surface area contributed by atoms with Crippen LogP contribution in [-0.4, -0.2) is 22.4 Å². The fraction of sp³-hybridized carbons (Fsp3) is 1.00. The van der Waals surface area contributed by atoms with Gasteiger partial charge in [-0.15, -0.1) is 0 Å². The number of fused-ring (bicyclic) bond motifs is 2. The van der Waals surface area contributed by atoms with Crippen LogP contribution in [0.5, 0.6) is 0 Å². The summed E-state index contributed by atoms with van der Waals surface area (Å²) in [5.74, 6) is 1.12. The van der Waals surface area contributed by atoms with Gasteiger partial charge in [0.15, 0.2) is 0 Å². The van der Waals surface area contributed by atoms with Crippen LogP contribution >= 0.6 is 0 Å². The van der Waals surface area contributed by atoms with E-state index in [2.05, 4.69) is 13.8 Å². The molecule has 13 heavy (non-hydrogen) atoms. The molecule has 76 valence electrons. The van der Waals surface area contributed by atoms with E-state index in [4.69, 9.17) is 0 Å². The Morgan fingerprint density at radius 1 is 1.23 bits per heavy atom. The summed E-state index contributed by atoms with van der Waals surface area (Å²) in [5.41, 5.74) is -0.568. The number of aliphatic hydroxyl groups is 2. The molecule has 0 aromatic carbocycles. The van der Waals surface area contributed by atoms with Crippen LogP contribution in [0.2, 0.25) is 0 Å². The average Bonchev–Trinajstić information content (AvgIpc) is 2.48. The minimum atomic E-state index is -0.781. The lowest BCUT2D eigenvalue weighted by molar-refractivity contribution is -0.114. The maximum Gasteiger partial charge on any atom is 0.0910 e. The molecule has 2 aliphatic rings. The van der Waals surface area contributed by atoms with Crippen LogP contribution in [0.4, 0.5) is 0 Å². The first-order valence-corrected chi connectivity index (χ1v) is 5.31. The smallest absolute Gasteiger partial charge is 0.0910 e. The quantitative estimate of drug-likeness (QED) is 0.649.